The van der Waals surface area contributed by atoms with Gasteiger partial charge in [-0.2, -0.15) is 0 Å². The van der Waals surface area contributed by atoms with Crippen LogP contribution in [0.5, 0.6) is 0 Å². The zero-order valence-corrected chi connectivity index (χ0v) is 14.6. The van der Waals surface area contributed by atoms with E-state index in [2.05, 4.69) is 16.4 Å². The first-order valence-electron chi connectivity index (χ1n) is 8.52. The maximum atomic E-state index is 10.9. The number of aromatic nitrogens is 2. The second-order valence-corrected chi connectivity index (χ2v) is 6.27. The van der Waals surface area contributed by atoms with Crippen molar-refractivity contribution < 1.29 is 9.90 Å². The second kappa shape index (κ2) is 6.88. The van der Waals surface area contributed by atoms with Gasteiger partial charge in [-0.15, -0.1) is 0 Å². The van der Waals surface area contributed by atoms with Crippen molar-refractivity contribution in [3.63, 3.8) is 0 Å². The molecule has 4 rings (SSSR count). The highest BCUT2D eigenvalue weighted by Gasteiger charge is 2.10. The summed E-state index contributed by atoms with van der Waals surface area (Å²) in [4.78, 5) is 20.2. The Labute approximate surface area is 156 Å². The van der Waals surface area contributed by atoms with Crippen LogP contribution in [0.25, 0.3) is 22.2 Å². The molecule has 0 saturated heterocycles. The molecule has 0 radical (unpaired) electrons. The number of aryl methyl sites for hydroxylation is 1. The first-order chi connectivity index (χ1) is 13.1. The number of carbonyl (C=O) groups excluding carboxylic acids is 1. The van der Waals surface area contributed by atoms with Crippen molar-refractivity contribution >= 4 is 28.5 Å². The normalized spacial score (nSPS) is 10.7. The quantitative estimate of drug-likeness (QED) is 0.604. The van der Waals surface area contributed by atoms with Crippen LogP contribution in [0.3, 0.4) is 0 Å². The van der Waals surface area contributed by atoms with Crippen LogP contribution in [0.2, 0.25) is 0 Å². The zero-order chi connectivity index (χ0) is 18.8. The van der Waals surface area contributed by atoms with Gasteiger partial charge in [-0.05, 0) is 36.8 Å². The average molecular weight is 354 g/mol. The molecular formula is C22H16N3O2-. The van der Waals surface area contributed by atoms with Crippen LogP contribution in [0.4, 0.5) is 11.6 Å². The standard InChI is InChI=1S/C22H17N3O2/c1-14-7-12-19-18(13-14)20(15-5-3-2-4-6-15)25-22(24-19)23-17-10-8-16(9-11-17)21(26)27/h2-13H,1H3,(H,26,27)(H,23,24,25)/p-1. The van der Waals surface area contributed by atoms with E-state index in [4.69, 9.17) is 4.98 Å². The Morgan fingerprint density at radius 2 is 1.67 bits per heavy atom. The number of aromatic carboxylic acids is 1. The number of carboxylic acid groups (broad SMARTS) is 1. The van der Waals surface area contributed by atoms with Crippen molar-refractivity contribution in [2.75, 3.05) is 5.32 Å². The number of rotatable bonds is 4. The maximum absolute atomic E-state index is 10.9. The van der Waals surface area contributed by atoms with E-state index in [1.54, 1.807) is 12.1 Å². The van der Waals surface area contributed by atoms with Crippen molar-refractivity contribution in [3.8, 4) is 11.3 Å². The minimum Gasteiger partial charge on any atom is -0.545 e. The first kappa shape index (κ1) is 16.7. The smallest absolute Gasteiger partial charge is 0.228 e. The molecule has 0 saturated carbocycles. The summed E-state index contributed by atoms with van der Waals surface area (Å²) in [6.45, 7) is 2.04. The van der Waals surface area contributed by atoms with Crippen molar-refractivity contribution in [3.05, 3.63) is 83.9 Å². The zero-order valence-electron chi connectivity index (χ0n) is 14.6. The van der Waals surface area contributed by atoms with Crippen LogP contribution in [-0.4, -0.2) is 15.9 Å². The van der Waals surface area contributed by atoms with E-state index in [9.17, 15) is 9.90 Å². The molecule has 0 unspecified atom stereocenters. The van der Waals surface area contributed by atoms with E-state index in [1.165, 1.54) is 12.1 Å². The van der Waals surface area contributed by atoms with Gasteiger partial charge in [-0.3, -0.25) is 0 Å². The van der Waals surface area contributed by atoms with Crippen molar-refractivity contribution in [2.45, 2.75) is 6.92 Å². The molecule has 1 N–H and O–H groups in total. The van der Waals surface area contributed by atoms with Gasteiger partial charge in [0.1, 0.15) is 0 Å². The summed E-state index contributed by atoms with van der Waals surface area (Å²) in [6, 6.07) is 22.3. The third kappa shape index (κ3) is 3.48. The van der Waals surface area contributed by atoms with E-state index < -0.39 is 5.97 Å². The van der Waals surface area contributed by atoms with Crippen LogP contribution in [0.15, 0.2) is 72.8 Å². The topological polar surface area (TPSA) is 77.9 Å². The maximum Gasteiger partial charge on any atom is 0.228 e. The Bertz CT molecular complexity index is 1120. The number of carboxylic acids is 1. The molecule has 1 heterocycles. The average Bonchev–Trinajstić information content (AvgIpc) is 2.69. The van der Waals surface area contributed by atoms with E-state index in [-0.39, 0.29) is 5.56 Å². The molecule has 0 aliphatic heterocycles. The minimum absolute atomic E-state index is 0.125. The molecule has 0 atom stereocenters. The number of fused-ring (bicyclic) bond motifs is 1. The number of benzene rings is 3. The fourth-order valence-electron chi connectivity index (χ4n) is 2.93. The van der Waals surface area contributed by atoms with E-state index in [0.717, 1.165) is 27.7 Å². The Morgan fingerprint density at radius 3 is 2.37 bits per heavy atom. The Morgan fingerprint density at radius 1 is 0.926 bits per heavy atom. The SMILES string of the molecule is Cc1ccc2nc(Nc3ccc(C(=O)[O-])cc3)nc(-c3ccccc3)c2c1. The molecule has 132 valence electrons. The predicted octanol–water partition coefficient (Wildman–Crippen LogP) is 3.71. The number of hydrogen-bond donors (Lipinski definition) is 1. The van der Waals surface area contributed by atoms with E-state index >= 15 is 0 Å². The van der Waals surface area contributed by atoms with Gasteiger partial charge in [0.05, 0.1) is 17.2 Å². The molecule has 0 bridgehead atoms. The second-order valence-electron chi connectivity index (χ2n) is 6.27. The fourth-order valence-corrected chi connectivity index (χ4v) is 2.93. The van der Waals surface area contributed by atoms with E-state index in [0.29, 0.717) is 11.6 Å². The summed E-state index contributed by atoms with van der Waals surface area (Å²) in [5, 5.41) is 15.0. The van der Waals surface area contributed by atoms with Crippen LogP contribution >= 0.6 is 0 Å². The largest absolute Gasteiger partial charge is 0.545 e. The number of nitrogens with zero attached hydrogens (tertiary/aromatic N) is 2. The summed E-state index contributed by atoms with van der Waals surface area (Å²) in [7, 11) is 0. The third-order valence-electron chi connectivity index (χ3n) is 4.28. The van der Waals surface area contributed by atoms with Crippen molar-refractivity contribution in [1.29, 1.82) is 0 Å². The lowest BCUT2D eigenvalue weighted by molar-refractivity contribution is -0.255. The van der Waals surface area contributed by atoms with Crippen molar-refractivity contribution in [1.82, 2.24) is 9.97 Å². The molecule has 0 spiro atoms. The fraction of sp³-hybridized carbons (Fsp3) is 0.0455. The molecule has 1 aromatic heterocycles. The summed E-state index contributed by atoms with van der Waals surface area (Å²) >= 11 is 0. The van der Waals surface area contributed by atoms with Gasteiger partial charge in [0.25, 0.3) is 0 Å². The Balaban J connectivity index is 1.79. The lowest BCUT2D eigenvalue weighted by Crippen LogP contribution is -2.21. The monoisotopic (exact) mass is 354 g/mol. The summed E-state index contributed by atoms with van der Waals surface area (Å²) < 4.78 is 0. The molecule has 0 fully saturated rings. The van der Waals surface area contributed by atoms with Gasteiger partial charge >= 0.3 is 0 Å². The molecule has 27 heavy (non-hydrogen) atoms. The molecule has 4 aromatic rings. The molecule has 5 heteroatoms. The minimum atomic E-state index is -1.20. The van der Waals surface area contributed by atoms with Gasteiger partial charge in [-0.25, -0.2) is 9.97 Å². The number of anilines is 2. The van der Waals surface area contributed by atoms with Crippen molar-refractivity contribution in [2.24, 2.45) is 0 Å². The summed E-state index contributed by atoms with van der Waals surface area (Å²) in [6.07, 6.45) is 0. The van der Waals surface area contributed by atoms with Crippen LogP contribution in [0, 0.1) is 6.92 Å². The van der Waals surface area contributed by atoms with E-state index in [1.807, 2.05) is 49.4 Å². The lowest BCUT2D eigenvalue weighted by Gasteiger charge is -2.11. The number of nitrogens with one attached hydrogen (secondary N) is 1. The highest BCUT2D eigenvalue weighted by molar-refractivity contribution is 5.94. The summed E-state index contributed by atoms with van der Waals surface area (Å²) in [5.74, 6) is -0.753. The highest BCUT2D eigenvalue weighted by Crippen LogP contribution is 2.28. The number of carbonyl (C=O) groups is 1. The lowest BCUT2D eigenvalue weighted by atomic mass is 10.0. The molecule has 0 aliphatic rings. The van der Waals surface area contributed by atoms with Gasteiger partial charge < -0.3 is 15.2 Å². The molecular weight excluding hydrogens is 338 g/mol. The Hall–Kier alpha value is -3.73. The molecule has 3 aromatic carbocycles. The molecule has 5 nitrogen and oxygen atoms in total. The molecule has 0 amide bonds. The first-order valence-corrected chi connectivity index (χ1v) is 8.52. The van der Waals surface area contributed by atoms with Gasteiger partial charge in [0, 0.05) is 16.6 Å². The highest BCUT2D eigenvalue weighted by atomic mass is 16.4. The van der Waals surface area contributed by atoms with Gasteiger partial charge in [-0.1, -0.05) is 54.1 Å². The Kier molecular flexibility index (Phi) is 4.26. The van der Waals surface area contributed by atoms with Crippen LogP contribution < -0.4 is 10.4 Å². The third-order valence-corrected chi connectivity index (χ3v) is 4.28. The van der Waals surface area contributed by atoms with Crippen LogP contribution in [-0.2, 0) is 0 Å². The summed E-state index contributed by atoms with van der Waals surface area (Å²) in [5.41, 5.74) is 4.65. The predicted molar refractivity (Wildman–Crippen MR) is 104 cm³/mol. The van der Waals surface area contributed by atoms with Crippen LogP contribution in [0.1, 0.15) is 15.9 Å². The van der Waals surface area contributed by atoms with Gasteiger partial charge in [0.2, 0.25) is 5.95 Å². The number of hydrogen-bond acceptors (Lipinski definition) is 5. The van der Waals surface area contributed by atoms with Gasteiger partial charge in [0.15, 0.2) is 0 Å². The molecule has 0 aliphatic carbocycles.